The zero-order valence-corrected chi connectivity index (χ0v) is 33.7. The minimum atomic E-state index is -2.19. The van der Waals surface area contributed by atoms with Crippen molar-refractivity contribution in [2.75, 3.05) is 13.2 Å². The Kier molecular flexibility index (Phi) is 11.3. The second-order valence-corrected chi connectivity index (χ2v) is 17.6. The van der Waals surface area contributed by atoms with Crippen LogP contribution >= 0.6 is 0 Å². The molecule has 5 N–H and O–H groups in total. The maximum atomic E-state index is 14.9. The van der Waals surface area contributed by atoms with Crippen molar-refractivity contribution in [1.29, 1.82) is 0 Å². The van der Waals surface area contributed by atoms with Gasteiger partial charge in [-0.15, -0.1) is 0 Å². The van der Waals surface area contributed by atoms with Gasteiger partial charge in [0.1, 0.15) is 35.6 Å². The van der Waals surface area contributed by atoms with E-state index < -0.39 is 107 Å². The SMILES string of the molecule is CC(=O)O[C@@]12CO[C@@H]1C[C@H](O)[C@@]1(C)C(=O)[C@H](O)C3=C(C)[C@@H](OC[C@H](O)[C@@H](NC(=O)OC(C)(C)C)c4ccccc4)C[C@@](O)([C@@H](OC(=O)c4ccccc4)[C@H]21)C3(C)C. The van der Waals surface area contributed by atoms with Crippen LogP contribution in [-0.4, -0.2) is 111 Å². The first-order valence-electron chi connectivity index (χ1n) is 19.3. The number of rotatable bonds is 9. The molecule has 0 spiro atoms. The van der Waals surface area contributed by atoms with E-state index in [2.05, 4.69) is 5.32 Å². The normalized spacial score (nSPS) is 34.2. The number of nitrogens with one attached hydrogen (secondary N) is 1. The lowest BCUT2D eigenvalue weighted by Gasteiger charge is -2.67. The van der Waals surface area contributed by atoms with Crippen LogP contribution in [0.2, 0.25) is 0 Å². The van der Waals surface area contributed by atoms with Crippen molar-refractivity contribution < 1.29 is 63.3 Å². The summed E-state index contributed by atoms with van der Waals surface area (Å²) in [4.78, 5) is 54.8. The molecule has 0 unspecified atom stereocenters. The number of Topliss-reactive ketones (excluding diaryl/α,β-unsaturated/α-hetero) is 1. The van der Waals surface area contributed by atoms with Gasteiger partial charge in [-0.3, -0.25) is 9.59 Å². The van der Waals surface area contributed by atoms with Crippen molar-refractivity contribution >= 4 is 23.8 Å². The molecule has 6 rings (SSSR count). The predicted octanol–water partition coefficient (Wildman–Crippen LogP) is 3.73. The van der Waals surface area contributed by atoms with Gasteiger partial charge in [0.15, 0.2) is 11.4 Å². The van der Waals surface area contributed by atoms with Crippen molar-refractivity contribution in [2.45, 2.75) is 128 Å². The smallest absolute Gasteiger partial charge is 0.408 e. The van der Waals surface area contributed by atoms with Crippen molar-refractivity contribution in [3.05, 3.63) is 82.9 Å². The molecule has 2 aromatic carbocycles. The van der Waals surface area contributed by atoms with Gasteiger partial charge >= 0.3 is 18.0 Å². The molecule has 3 aliphatic carbocycles. The molecule has 0 radical (unpaired) electrons. The Balaban J connectivity index is 1.46. The monoisotopic (exact) mass is 793 g/mol. The molecule has 2 aromatic rings. The number of hydrogen-bond donors (Lipinski definition) is 5. The van der Waals surface area contributed by atoms with Gasteiger partial charge < -0.3 is 49.4 Å². The number of esters is 2. The molecule has 1 amide bonds. The Labute approximate surface area is 332 Å². The number of fused-ring (bicyclic) bond motifs is 5. The minimum Gasteiger partial charge on any atom is -0.455 e. The zero-order chi connectivity index (χ0) is 41.9. The summed E-state index contributed by atoms with van der Waals surface area (Å²) in [5.74, 6) is -3.83. The number of hydrogen-bond acceptors (Lipinski definition) is 13. The van der Waals surface area contributed by atoms with E-state index >= 15 is 0 Å². The van der Waals surface area contributed by atoms with Gasteiger partial charge in [0.25, 0.3) is 0 Å². The van der Waals surface area contributed by atoms with Crippen LogP contribution in [0.1, 0.15) is 90.2 Å². The van der Waals surface area contributed by atoms with Gasteiger partial charge in [-0.2, -0.15) is 0 Å². The van der Waals surface area contributed by atoms with E-state index in [1.54, 1.807) is 90.1 Å². The van der Waals surface area contributed by atoms with Crippen LogP contribution in [0.5, 0.6) is 0 Å². The molecule has 310 valence electrons. The van der Waals surface area contributed by atoms with E-state index in [1.165, 1.54) is 26.0 Å². The molecule has 1 saturated heterocycles. The summed E-state index contributed by atoms with van der Waals surface area (Å²) in [7, 11) is 0. The van der Waals surface area contributed by atoms with Crippen molar-refractivity contribution in [3.8, 4) is 0 Å². The number of aliphatic hydroxyl groups excluding tert-OH is 3. The molecular formula is C43H55NO13. The van der Waals surface area contributed by atoms with Gasteiger partial charge in [-0.25, -0.2) is 9.59 Å². The molecule has 3 fully saturated rings. The number of amides is 1. The van der Waals surface area contributed by atoms with E-state index in [0.717, 1.165) is 0 Å². The number of alkyl carbamates (subject to hydrolysis) is 1. The quantitative estimate of drug-likeness (QED) is 0.140. The summed E-state index contributed by atoms with van der Waals surface area (Å²) in [6.07, 6.45) is -9.65. The molecule has 11 atom stereocenters. The Bertz CT molecular complexity index is 1890. The van der Waals surface area contributed by atoms with Crippen LogP contribution in [0.15, 0.2) is 71.8 Å². The maximum absolute atomic E-state index is 14.9. The van der Waals surface area contributed by atoms with Crippen LogP contribution < -0.4 is 5.32 Å². The first kappa shape index (κ1) is 42.4. The largest absolute Gasteiger partial charge is 0.455 e. The molecule has 1 aliphatic heterocycles. The van der Waals surface area contributed by atoms with Crippen LogP contribution in [0.25, 0.3) is 0 Å². The van der Waals surface area contributed by atoms with Gasteiger partial charge in [-0.05, 0) is 63.5 Å². The Morgan fingerprint density at radius 1 is 1.00 bits per heavy atom. The van der Waals surface area contributed by atoms with Crippen LogP contribution in [0, 0.1) is 16.7 Å². The van der Waals surface area contributed by atoms with Gasteiger partial charge in [0, 0.05) is 25.2 Å². The molecule has 4 aliphatic rings. The predicted molar refractivity (Wildman–Crippen MR) is 203 cm³/mol. The first-order valence-corrected chi connectivity index (χ1v) is 19.3. The highest BCUT2D eigenvalue weighted by atomic mass is 16.6. The molecule has 57 heavy (non-hydrogen) atoms. The number of ketones is 1. The van der Waals surface area contributed by atoms with Gasteiger partial charge in [-0.1, -0.05) is 62.4 Å². The minimum absolute atomic E-state index is 0.0911. The third-order valence-corrected chi connectivity index (χ3v) is 12.6. The number of benzene rings is 2. The van der Waals surface area contributed by atoms with E-state index in [-0.39, 0.29) is 30.6 Å². The van der Waals surface area contributed by atoms with Crippen LogP contribution in [0.4, 0.5) is 4.79 Å². The standard InChI is InChI=1S/C43H55NO13/c1-23-28(53-21-27(46)32(25-15-11-9-12-16-25)44-38(51)57-39(3,4)5)20-43(52)36(55-37(50)26-17-13-10-14-18-26)34-41(8,35(49)33(48)31(23)40(43,6)7)29(47)19-30-42(34,22-54-30)56-24(2)45/h9-18,27-30,32-34,36,46-48,52H,19-22H2,1-8H3,(H,44,51)/t27-,28-,29-,30+,32-,33+,34-,36-,41+,42-,43+/m0/s1. The Hall–Kier alpha value is -4.18. The molecular weight excluding hydrogens is 738 g/mol. The maximum Gasteiger partial charge on any atom is 0.408 e. The number of carbonyl (C=O) groups excluding carboxylic acids is 4. The fraction of sp³-hybridized carbons (Fsp3) is 0.581. The molecule has 14 heteroatoms. The third kappa shape index (κ3) is 7.29. The van der Waals surface area contributed by atoms with E-state index in [4.69, 9.17) is 23.7 Å². The highest BCUT2D eigenvalue weighted by molar-refractivity contribution is 5.94. The summed E-state index contributed by atoms with van der Waals surface area (Å²) >= 11 is 0. The van der Waals surface area contributed by atoms with E-state index in [0.29, 0.717) is 11.1 Å². The van der Waals surface area contributed by atoms with Crippen LogP contribution in [-0.2, 0) is 33.3 Å². The average molecular weight is 794 g/mol. The number of aliphatic hydroxyl groups is 4. The topological polar surface area (TPSA) is 207 Å². The highest BCUT2D eigenvalue weighted by Gasteiger charge is 2.78. The highest BCUT2D eigenvalue weighted by Crippen LogP contribution is 2.64. The summed E-state index contributed by atoms with van der Waals surface area (Å²) in [5.41, 5.74) is -6.95. The van der Waals surface area contributed by atoms with E-state index in [9.17, 15) is 39.6 Å². The lowest BCUT2D eigenvalue weighted by atomic mass is 9.44. The summed E-state index contributed by atoms with van der Waals surface area (Å²) < 4.78 is 30.1. The third-order valence-electron chi connectivity index (χ3n) is 12.6. The number of ether oxygens (including phenoxy) is 5. The molecule has 0 aromatic heterocycles. The summed E-state index contributed by atoms with van der Waals surface area (Å²) in [6.45, 7) is 12.0. The average Bonchev–Trinajstić information content (AvgIpc) is 3.13. The molecule has 14 nitrogen and oxygen atoms in total. The number of carbonyl (C=O) groups is 4. The Morgan fingerprint density at radius 3 is 2.18 bits per heavy atom. The first-order chi connectivity index (χ1) is 26.6. The molecule has 2 bridgehead atoms. The zero-order valence-electron chi connectivity index (χ0n) is 33.7. The van der Waals surface area contributed by atoms with Gasteiger partial charge in [0.2, 0.25) is 0 Å². The second-order valence-electron chi connectivity index (χ2n) is 17.6. The molecule has 1 heterocycles. The summed E-state index contributed by atoms with van der Waals surface area (Å²) in [5, 5.41) is 51.9. The Morgan fingerprint density at radius 2 is 1.61 bits per heavy atom. The second kappa shape index (κ2) is 15.2. The van der Waals surface area contributed by atoms with Gasteiger partial charge in [0.05, 0.1) is 48.4 Å². The van der Waals surface area contributed by atoms with Crippen molar-refractivity contribution in [3.63, 3.8) is 0 Å². The lowest BCUT2D eigenvalue weighted by Crippen LogP contribution is -2.81. The summed E-state index contributed by atoms with van der Waals surface area (Å²) in [6, 6.07) is 15.8. The fourth-order valence-electron chi connectivity index (χ4n) is 9.64. The van der Waals surface area contributed by atoms with E-state index in [1.807, 2.05) is 0 Å². The fourth-order valence-corrected chi connectivity index (χ4v) is 9.64. The van der Waals surface area contributed by atoms with Crippen LogP contribution in [0.3, 0.4) is 0 Å². The van der Waals surface area contributed by atoms with Crippen molar-refractivity contribution in [1.82, 2.24) is 5.32 Å². The lowest BCUT2D eigenvalue weighted by molar-refractivity contribution is -0.346. The molecule has 2 saturated carbocycles. The van der Waals surface area contributed by atoms with Crippen molar-refractivity contribution in [2.24, 2.45) is 16.7 Å².